The van der Waals surface area contributed by atoms with Crippen LogP contribution in [-0.4, -0.2) is 21.6 Å². The molecule has 4 nitrogen and oxygen atoms in total. The number of aryl methyl sites for hydroxylation is 1. The van der Waals surface area contributed by atoms with Gasteiger partial charge in [-0.3, -0.25) is 4.79 Å². The van der Waals surface area contributed by atoms with Gasteiger partial charge in [-0.2, -0.15) is 0 Å². The summed E-state index contributed by atoms with van der Waals surface area (Å²) in [5.41, 5.74) is 1.97. The molecule has 0 aliphatic rings. The maximum Gasteiger partial charge on any atom is 0.234 e. The number of nitrogens with one attached hydrogen (secondary N) is 1. The summed E-state index contributed by atoms with van der Waals surface area (Å²) >= 11 is 1.32. The highest BCUT2D eigenvalue weighted by molar-refractivity contribution is 7.99. The molecule has 0 fully saturated rings. The van der Waals surface area contributed by atoms with Crippen molar-refractivity contribution >= 4 is 23.4 Å². The second-order valence-electron chi connectivity index (χ2n) is 3.73. The Labute approximate surface area is 110 Å². The van der Waals surface area contributed by atoms with Gasteiger partial charge in [-0.1, -0.05) is 29.5 Å². The van der Waals surface area contributed by atoms with Crippen molar-refractivity contribution in [1.29, 1.82) is 0 Å². The highest BCUT2D eigenvalue weighted by Gasteiger charge is 2.04. The highest BCUT2D eigenvalue weighted by atomic mass is 32.2. The first-order valence-corrected chi connectivity index (χ1v) is 6.49. The smallest absolute Gasteiger partial charge is 0.234 e. The van der Waals surface area contributed by atoms with E-state index in [1.807, 2.05) is 31.2 Å². The number of aromatic nitrogens is 2. The lowest BCUT2D eigenvalue weighted by molar-refractivity contribution is -0.113. The second kappa shape index (κ2) is 6.16. The Hall–Kier alpha value is -1.88. The molecule has 1 aromatic carbocycles. The molecule has 18 heavy (non-hydrogen) atoms. The fourth-order valence-corrected chi connectivity index (χ4v) is 1.93. The average Bonchev–Trinajstić information content (AvgIpc) is 2.40. The number of anilines is 1. The van der Waals surface area contributed by atoms with Gasteiger partial charge in [0.25, 0.3) is 0 Å². The van der Waals surface area contributed by atoms with Crippen molar-refractivity contribution in [1.82, 2.24) is 9.97 Å². The monoisotopic (exact) mass is 259 g/mol. The SMILES string of the molecule is Cc1ccc(NC(=O)CSc2ncccn2)cc1. The van der Waals surface area contributed by atoms with Crippen molar-refractivity contribution in [3.63, 3.8) is 0 Å². The molecule has 1 aromatic heterocycles. The van der Waals surface area contributed by atoms with E-state index in [4.69, 9.17) is 0 Å². The molecule has 0 aliphatic carbocycles. The zero-order valence-corrected chi connectivity index (χ0v) is 10.8. The molecule has 0 unspecified atom stereocenters. The Bertz CT molecular complexity index is 514. The van der Waals surface area contributed by atoms with Gasteiger partial charge < -0.3 is 5.32 Å². The number of nitrogens with zero attached hydrogens (tertiary/aromatic N) is 2. The molecule has 0 aliphatic heterocycles. The van der Waals surface area contributed by atoms with Gasteiger partial charge in [-0.05, 0) is 25.1 Å². The highest BCUT2D eigenvalue weighted by Crippen LogP contribution is 2.13. The van der Waals surface area contributed by atoms with E-state index in [2.05, 4.69) is 15.3 Å². The van der Waals surface area contributed by atoms with Crippen molar-refractivity contribution in [3.05, 3.63) is 48.3 Å². The minimum Gasteiger partial charge on any atom is -0.325 e. The molecule has 0 bridgehead atoms. The van der Waals surface area contributed by atoms with E-state index >= 15 is 0 Å². The molecule has 5 heteroatoms. The zero-order chi connectivity index (χ0) is 12.8. The largest absolute Gasteiger partial charge is 0.325 e. The fourth-order valence-electron chi connectivity index (χ4n) is 1.32. The predicted molar refractivity (Wildman–Crippen MR) is 72.6 cm³/mol. The third-order valence-electron chi connectivity index (χ3n) is 2.21. The normalized spacial score (nSPS) is 10.1. The first kappa shape index (κ1) is 12.6. The van der Waals surface area contributed by atoms with Gasteiger partial charge in [0.15, 0.2) is 5.16 Å². The second-order valence-corrected chi connectivity index (χ2v) is 4.68. The van der Waals surface area contributed by atoms with Crippen molar-refractivity contribution in [2.75, 3.05) is 11.1 Å². The van der Waals surface area contributed by atoms with Crippen LogP contribution in [-0.2, 0) is 4.79 Å². The van der Waals surface area contributed by atoms with E-state index in [1.54, 1.807) is 18.5 Å². The van der Waals surface area contributed by atoms with E-state index in [1.165, 1.54) is 17.3 Å². The van der Waals surface area contributed by atoms with E-state index in [0.29, 0.717) is 10.9 Å². The van der Waals surface area contributed by atoms with E-state index in [0.717, 1.165) is 5.69 Å². The summed E-state index contributed by atoms with van der Waals surface area (Å²) in [5.74, 6) is 0.244. The fraction of sp³-hybridized carbons (Fsp3) is 0.154. The summed E-state index contributed by atoms with van der Waals surface area (Å²) in [6, 6.07) is 9.44. The Balaban J connectivity index is 1.84. The molecule has 0 radical (unpaired) electrons. The van der Waals surface area contributed by atoms with E-state index in [-0.39, 0.29) is 5.91 Å². The Kier molecular flexibility index (Phi) is 4.30. The quantitative estimate of drug-likeness (QED) is 0.677. The maximum atomic E-state index is 11.7. The minimum absolute atomic E-state index is 0.0590. The molecule has 1 heterocycles. The summed E-state index contributed by atoms with van der Waals surface area (Å²) in [6.45, 7) is 2.01. The van der Waals surface area contributed by atoms with Crippen LogP contribution in [0.2, 0.25) is 0 Å². The molecule has 0 saturated carbocycles. The van der Waals surface area contributed by atoms with E-state index in [9.17, 15) is 4.79 Å². The van der Waals surface area contributed by atoms with Crippen LogP contribution in [0, 0.1) is 6.92 Å². The van der Waals surface area contributed by atoms with Crippen LogP contribution in [0.15, 0.2) is 47.9 Å². The zero-order valence-electron chi connectivity index (χ0n) is 9.96. The Morgan fingerprint density at radius 2 is 1.89 bits per heavy atom. The molecule has 92 valence electrons. The van der Waals surface area contributed by atoms with Crippen LogP contribution >= 0.6 is 11.8 Å². The standard InChI is InChI=1S/C13H13N3OS/c1-10-3-5-11(6-4-10)16-12(17)9-18-13-14-7-2-8-15-13/h2-8H,9H2,1H3,(H,16,17). The topological polar surface area (TPSA) is 54.9 Å². The lowest BCUT2D eigenvalue weighted by atomic mass is 10.2. The number of rotatable bonds is 4. The van der Waals surface area contributed by atoms with Gasteiger partial charge in [0.1, 0.15) is 0 Å². The van der Waals surface area contributed by atoms with Crippen LogP contribution in [0.1, 0.15) is 5.56 Å². The molecular weight excluding hydrogens is 246 g/mol. The summed E-state index contributed by atoms with van der Waals surface area (Å²) in [5, 5.41) is 3.43. The van der Waals surface area contributed by atoms with Crippen molar-refractivity contribution in [2.45, 2.75) is 12.1 Å². The minimum atomic E-state index is -0.0590. The van der Waals surface area contributed by atoms with Gasteiger partial charge in [-0.25, -0.2) is 9.97 Å². The van der Waals surface area contributed by atoms with Crippen LogP contribution < -0.4 is 5.32 Å². The van der Waals surface area contributed by atoms with Crippen LogP contribution in [0.3, 0.4) is 0 Å². The molecular formula is C13H13N3OS. The lowest BCUT2D eigenvalue weighted by Gasteiger charge is -2.04. The lowest BCUT2D eigenvalue weighted by Crippen LogP contribution is -2.14. The molecule has 2 aromatic rings. The maximum absolute atomic E-state index is 11.7. The molecule has 1 amide bonds. The van der Waals surface area contributed by atoms with Gasteiger partial charge in [-0.15, -0.1) is 0 Å². The van der Waals surface area contributed by atoms with Crippen molar-refractivity contribution < 1.29 is 4.79 Å². The summed E-state index contributed by atoms with van der Waals surface area (Å²) in [4.78, 5) is 19.8. The van der Waals surface area contributed by atoms with Crippen LogP contribution in [0.4, 0.5) is 5.69 Å². The van der Waals surface area contributed by atoms with Crippen molar-refractivity contribution in [2.24, 2.45) is 0 Å². The first-order valence-electron chi connectivity index (χ1n) is 5.50. The number of benzene rings is 1. The molecule has 0 spiro atoms. The number of amides is 1. The van der Waals surface area contributed by atoms with Gasteiger partial charge in [0.05, 0.1) is 5.75 Å². The predicted octanol–water partition coefficient (Wildman–Crippen LogP) is 2.52. The van der Waals surface area contributed by atoms with Gasteiger partial charge >= 0.3 is 0 Å². The molecule has 1 N–H and O–H groups in total. The summed E-state index contributed by atoms with van der Waals surface area (Å²) < 4.78 is 0. The van der Waals surface area contributed by atoms with Crippen LogP contribution in [0.25, 0.3) is 0 Å². The molecule has 0 saturated heterocycles. The summed E-state index contributed by atoms with van der Waals surface area (Å²) in [6.07, 6.45) is 3.32. The number of carbonyl (C=O) groups excluding carboxylic acids is 1. The average molecular weight is 259 g/mol. The third kappa shape index (κ3) is 3.85. The summed E-state index contributed by atoms with van der Waals surface area (Å²) in [7, 11) is 0. The molecule has 2 rings (SSSR count). The number of hydrogen-bond donors (Lipinski definition) is 1. The van der Waals surface area contributed by atoms with Gasteiger partial charge in [0.2, 0.25) is 5.91 Å². The van der Waals surface area contributed by atoms with Gasteiger partial charge in [0, 0.05) is 18.1 Å². The number of hydrogen-bond acceptors (Lipinski definition) is 4. The third-order valence-corrected chi connectivity index (χ3v) is 3.09. The Morgan fingerprint density at radius 3 is 2.56 bits per heavy atom. The van der Waals surface area contributed by atoms with Crippen molar-refractivity contribution in [3.8, 4) is 0 Å². The number of thioether (sulfide) groups is 1. The first-order chi connectivity index (χ1) is 8.74. The van der Waals surface area contributed by atoms with Crippen LogP contribution in [0.5, 0.6) is 0 Å². The van der Waals surface area contributed by atoms with E-state index < -0.39 is 0 Å². The number of carbonyl (C=O) groups is 1. The molecule has 0 atom stereocenters. The Morgan fingerprint density at radius 1 is 1.22 bits per heavy atom.